The average molecular weight is 219 g/mol. The van der Waals surface area contributed by atoms with Crippen LogP contribution in [0.3, 0.4) is 0 Å². The highest BCUT2D eigenvalue weighted by atomic mass is 16.2. The van der Waals surface area contributed by atoms with Crippen molar-refractivity contribution in [3.05, 3.63) is 29.3 Å². The molecule has 0 saturated carbocycles. The van der Waals surface area contributed by atoms with Crippen molar-refractivity contribution in [3.63, 3.8) is 0 Å². The Labute approximate surface area is 98.1 Å². The normalized spacial score (nSPS) is 11.3. The molecule has 0 aliphatic heterocycles. The third-order valence-corrected chi connectivity index (χ3v) is 3.14. The summed E-state index contributed by atoms with van der Waals surface area (Å²) in [5.74, 6) is 0.0868. The summed E-state index contributed by atoms with van der Waals surface area (Å²) in [4.78, 5) is 12.0. The Kier molecular flexibility index (Phi) is 3.74. The fraction of sp³-hybridized carbons (Fsp3) is 0.500. The van der Waals surface area contributed by atoms with Crippen LogP contribution in [0.1, 0.15) is 38.3 Å². The van der Waals surface area contributed by atoms with Crippen LogP contribution in [0, 0.1) is 19.3 Å². The molecule has 1 rings (SSSR count). The number of anilines is 1. The number of nitrogens with one attached hydrogen (secondary N) is 1. The first-order valence-electron chi connectivity index (χ1n) is 5.75. The lowest BCUT2D eigenvalue weighted by atomic mass is 9.89. The topological polar surface area (TPSA) is 29.1 Å². The molecule has 0 aliphatic carbocycles. The molecular weight excluding hydrogens is 198 g/mol. The van der Waals surface area contributed by atoms with Crippen molar-refractivity contribution in [3.8, 4) is 0 Å². The molecule has 0 spiro atoms. The third kappa shape index (κ3) is 2.84. The first kappa shape index (κ1) is 12.8. The predicted octanol–water partition coefficient (Wildman–Crippen LogP) is 3.68. The Balaban J connectivity index is 2.89. The number of aryl methyl sites for hydroxylation is 2. The minimum Gasteiger partial charge on any atom is -0.325 e. The van der Waals surface area contributed by atoms with E-state index in [4.69, 9.17) is 0 Å². The number of hydrogen-bond donors (Lipinski definition) is 1. The summed E-state index contributed by atoms with van der Waals surface area (Å²) in [5.41, 5.74) is 2.88. The van der Waals surface area contributed by atoms with Gasteiger partial charge in [-0.15, -0.1) is 0 Å². The van der Waals surface area contributed by atoms with Gasteiger partial charge in [0.2, 0.25) is 5.91 Å². The Hall–Kier alpha value is -1.31. The summed E-state index contributed by atoms with van der Waals surface area (Å²) in [5, 5.41) is 3.00. The lowest BCUT2D eigenvalue weighted by molar-refractivity contribution is -0.124. The minimum atomic E-state index is -0.309. The first-order valence-corrected chi connectivity index (χ1v) is 5.75. The second-order valence-corrected chi connectivity index (χ2v) is 5.01. The summed E-state index contributed by atoms with van der Waals surface area (Å²) in [7, 11) is 0. The maximum absolute atomic E-state index is 12.0. The van der Waals surface area contributed by atoms with Crippen LogP contribution in [0.15, 0.2) is 18.2 Å². The molecule has 1 aromatic rings. The van der Waals surface area contributed by atoms with Gasteiger partial charge in [-0.1, -0.05) is 32.9 Å². The summed E-state index contributed by atoms with van der Waals surface area (Å²) >= 11 is 0. The lowest BCUT2D eigenvalue weighted by Crippen LogP contribution is -2.30. The van der Waals surface area contributed by atoms with E-state index in [2.05, 4.69) is 11.4 Å². The fourth-order valence-electron chi connectivity index (χ4n) is 1.32. The quantitative estimate of drug-likeness (QED) is 0.825. The van der Waals surface area contributed by atoms with Gasteiger partial charge < -0.3 is 5.32 Å². The molecule has 0 aliphatic rings. The van der Waals surface area contributed by atoms with Crippen molar-refractivity contribution >= 4 is 11.6 Å². The van der Waals surface area contributed by atoms with Gasteiger partial charge in [-0.2, -0.15) is 0 Å². The van der Waals surface area contributed by atoms with Gasteiger partial charge >= 0.3 is 0 Å². The maximum atomic E-state index is 12.0. The molecular formula is C14H21NO. The van der Waals surface area contributed by atoms with Crippen LogP contribution in [0.4, 0.5) is 5.69 Å². The van der Waals surface area contributed by atoms with Crippen LogP contribution >= 0.6 is 0 Å². The van der Waals surface area contributed by atoms with Crippen LogP contribution in [0.5, 0.6) is 0 Å². The highest BCUT2D eigenvalue weighted by Gasteiger charge is 2.25. The van der Waals surface area contributed by atoms with Crippen molar-refractivity contribution < 1.29 is 4.79 Å². The fourth-order valence-corrected chi connectivity index (χ4v) is 1.32. The van der Waals surface area contributed by atoms with E-state index in [1.807, 2.05) is 46.8 Å². The van der Waals surface area contributed by atoms with Gasteiger partial charge in [0.05, 0.1) is 0 Å². The zero-order chi connectivity index (χ0) is 12.3. The van der Waals surface area contributed by atoms with Crippen LogP contribution in [-0.2, 0) is 4.79 Å². The monoisotopic (exact) mass is 219 g/mol. The Morgan fingerprint density at radius 3 is 2.50 bits per heavy atom. The number of amides is 1. The van der Waals surface area contributed by atoms with E-state index in [-0.39, 0.29) is 11.3 Å². The highest BCUT2D eigenvalue weighted by molar-refractivity contribution is 5.95. The molecule has 0 bridgehead atoms. The molecule has 0 heterocycles. The van der Waals surface area contributed by atoms with Crippen molar-refractivity contribution in [1.82, 2.24) is 0 Å². The van der Waals surface area contributed by atoms with Gasteiger partial charge in [0.1, 0.15) is 0 Å². The molecule has 2 nitrogen and oxygen atoms in total. The predicted molar refractivity (Wildman–Crippen MR) is 68.6 cm³/mol. The largest absolute Gasteiger partial charge is 0.325 e. The number of benzene rings is 1. The molecule has 0 saturated heterocycles. The van der Waals surface area contributed by atoms with Gasteiger partial charge in [-0.05, 0) is 37.5 Å². The molecule has 16 heavy (non-hydrogen) atoms. The second-order valence-electron chi connectivity index (χ2n) is 5.01. The molecule has 0 fully saturated rings. The average Bonchev–Trinajstić information content (AvgIpc) is 2.23. The van der Waals surface area contributed by atoms with E-state index >= 15 is 0 Å². The number of carbonyl (C=O) groups excluding carboxylic acids is 1. The summed E-state index contributed by atoms with van der Waals surface area (Å²) in [6.45, 7) is 10.00. The maximum Gasteiger partial charge on any atom is 0.230 e. The van der Waals surface area contributed by atoms with Crippen LogP contribution < -0.4 is 5.32 Å². The van der Waals surface area contributed by atoms with Crippen molar-refractivity contribution in [2.24, 2.45) is 5.41 Å². The summed E-state index contributed by atoms with van der Waals surface area (Å²) in [6.07, 6.45) is 0.837. The van der Waals surface area contributed by atoms with E-state index < -0.39 is 0 Å². The molecule has 0 atom stereocenters. The standard InChI is InChI=1S/C14H21NO/c1-6-14(4,5)13(16)15-12-9-10(2)7-8-11(12)3/h7-9H,6H2,1-5H3,(H,15,16). The molecule has 0 unspecified atom stereocenters. The molecule has 1 N–H and O–H groups in total. The molecule has 1 amide bonds. The van der Waals surface area contributed by atoms with Crippen LogP contribution in [0.2, 0.25) is 0 Å². The van der Waals surface area contributed by atoms with E-state index in [0.717, 1.165) is 23.2 Å². The zero-order valence-electron chi connectivity index (χ0n) is 10.8. The van der Waals surface area contributed by atoms with Gasteiger partial charge in [-0.3, -0.25) is 4.79 Å². The minimum absolute atomic E-state index is 0.0868. The Bertz CT molecular complexity index is 394. The first-order chi connectivity index (χ1) is 7.36. The molecule has 2 heteroatoms. The van der Waals surface area contributed by atoms with Crippen molar-refractivity contribution in [1.29, 1.82) is 0 Å². The van der Waals surface area contributed by atoms with Crippen LogP contribution in [-0.4, -0.2) is 5.91 Å². The molecule has 88 valence electrons. The zero-order valence-corrected chi connectivity index (χ0v) is 10.8. The smallest absolute Gasteiger partial charge is 0.230 e. The molecule has 0 radical (unpaired) electrons. The SMILES string of the molecule is CCC(C)(C)C(=O)Nc1cc(C)ccc1C. The Morgan fingerprint density at radius 1 is 1.31 bits per heavy atom. The van der Waals surface area contributed by atoms with E-state index in [0.29, 0.717) is 0 Å². The van der Waals surface area contributed by atoms with Crippen molar-refractivity contribution in [2.45, 2.75) is 41.0 Å². The van der Waals surface area contributed by atoms with Gasteiger partial charge in [0, 0.05) is 11.1 Å². The number of rotatable bonds is 3. The molecule has 0 aromatic heterocycles. The van der Waals surface area contributed by atoms with E-state index in [9.17, 15) is 4.79 Å². The van der Waals surface area contributed by atoms with E-state index in [1.54, 1.807) is 0 Å². The second kappa shape index (κ2) is 4.69. The van der Waals surface area contributed by atoms with Crippen LogP contribution in [0.25, 0.3) is 0 Å². The van der Waals surface area contributed by atoms with Gasteiger partial charge in [-0.25, -0.2) is 0 Å². The Morgan fingerprint density at radius 2 is 1.94 bits per heavy atom. The van der Waals surface area contributed by atoms with Gasteiger partial charge in [0.25, 0.3) is 0 Å². The van der Waals surface area contributed by atoms with E-state index in [1.165, 1.54) is 0 Å². The summed E-state index contributed by atoms with van der Waals surface area (Å²) in [6, 6.07) is 6.10. The van der Waals surface area contributed by atoms with Crippen molar-refractivity contribution in [2.75, 3.05) is 5.32 Å². The molecule has 1 aromatic carbocycles. The third-order valence-electron chi connectivity index (χ3n) is 3.14. The van der Waals surface area contributed by atoms with Gasteiger partial charge in [0.15, 0.2) is 0 Å². The summed E-state index contributed by atoms with van der Waals surface area (Å²) < 4.78 is 0. The number of carbonyl (C=O) groups is 1. The number of hydrogen-bond acceptors (Lipinski definition) is 1. The lowest BCUT2D eigenvalue weighted by Gasteiger charge is -2.22. The highest BCUT2D eigenvalue weighted by Crippen LogP contribution is 2.24.